The summed E-state index contributed by atoms with van der Waals surface area (Å²) in [5.41, 5.74) is 0. The molecule has 0 aliphatic heterocycles. The van der Waals surface area contributed by atoms with Crippen LogP contribution in [0.2, 0.25) is 0 Å². The summed E-state index contributed by atoms with van der Waals surface area (Å²) in [4.78, 5) is 2.35. The minimum atomic E-state index is -0.0504. The first-order valence-electron chi connectivity index (χ1n) is 5.02. The molecule has 2 unspecified atom stereocenters. The van der Waals surface area contributed by atoms with E-state index in [1.54, 1.807) is 0 Å². The molecular weight excluding hydrogens is 162 g/mol. The highest BCUT2D eigenvalue weighted by Gasteiger charge is 2.08. The van der Waals surface area contributed by atoms with Gasteiger partial charge in [-0.25, -0.2) is 0 Å². The van der Waals surface area contributed by atoms with Crippen LogP contribution in [-0.4, -0.2) is 36.6 Å². The Morgan fingerprint density at radius 1 is 1.31 bits per heavy atom. The van der Waals surface area contributed by atoms with Crippen molar-refractivity contribution in [3.63, 3.8) is 0 Å². The number of hydrogen-bond donors (Lipinski definition) is 1. The van der Waals surface area contributed by atoms with Gasteiger partial charge in [0.2, 0.25) is 0 Å². The third-order valence-electron chi connectivity index (χ3n) is 2.15. The van der Waals surface area contributed by atoms with Gasteiger partial charge in [0, 0.05) is 12.6 Å². The van der Waals surface area contributed by atoms with Crippen molar-refractivity contribution in [2.24, 2.45) is 0 Å². The van der Waals surface area contributed by atoms with Crippen molar-refractivity contribution in [2.75, 3.05) is 19.6 Å². The molecule has 0 rings (SSSR count). The van der Waals surface area contributed by atoms with Crippen LogP contribution in [0.4, 0.5) is 0 Å². The van der Waals surface area contributed by atoms with Crippen molar-refractivity contribution in [2.45, 2.75) is 39.8 Å². The van der Waals surface area contributed by atoms with Crippen LogP contribution in [0.1, 0.15) is 27.7 Å². The predicted molar refractivity (Wildman–Crippen MR) is 55.5 cm³/mol. The van der Waals surface area contributed by atoms with E-state index < -0.39 is 0 Å². The van der Waals surface area contributed by atoms with Crippen LogP contribution in [0.15, 0.2) is 0 Å². The zero-order chi connectivity index (χ0) is 10.3. The second-order valence-electron chi connectivity index (χ2n) is 3.40. The number of nitrogens with zero attached hydrogens (tertiary/aromatic N) is 2. The summed E-state index contributed by atoms with van der Waals surface area (Å²) < 4.78 is 0. The number of likely N-dealkylation sites (N-methyl/N-ethyl adjacent to an activating group) is 1. The molecule has 76 valence electrons. The molecule has 0 spiro atoms. The highest BCUT2D eigenvalue weighted by atomic mass is 15.1. The zero-order valence-electron chi connectivity index (χ0n) is 9.17. The topological polar surface area (TPSA) is 39.1 Å². The summed E-state index contributed by atoms with van der Waals surface area (Å²) in [6.45, 7) is 11.5. The first-order valence-corrected chi connectivity index (χ1v) is 5.02. The summed E-state index contributed by atoms with van der Waals surface area (Å²) in [5.74, 6) is 0. The minimum absolute atomic E-state index is 0.0504. The molecule has 3 nitrogen and oxygen atoms in total. The maximum atomic E-state index is 8.61. The predicted octanol–water partition coefficient (Wildman–Crippen LogP) is 1.22. The lowest BCUT2D eigenvalue weighted by atomic mass is 10.2. The van der Waals surface area contributed by atoms with Crippen molar-refractivity contribution in [3.05, 3.63) is 0 Å². The zero-order valence-corrected chi connectivity index (χ0v) is 9.17. The Morgan fingerprint density at radius 2 is 1.85 bits per heavy atom. The van der Waals surface area contributed by atoms with E-state index in [2.05, 4.69) is 37.1 Å². The third-order valence-corrected chi connectivity index (χ3v) is 2.15. The van der Waals surface area contributed by atoms with Gasteiger partial charge in [0.15, 0.2) is 0 Å². The second-order valence-corrected chi connectivity index (χ2v) is 3.40. The highest BCUT2D eigenvalue weighted by Crippen LogP contribution is 1.92. The van der Waals surface area contributed by atoms with E-state index in [0.717, 1.165) is 19.6 Å². The molecule has 0 aliphatic rings. The lowest BCUT2D eigenvalue weighted by Crippen LogP contribution is -2.42. The van der Waals surface area contributed by atoms with Gasteiger partial charge in [0.1, 0.15) is 0 Å². The van der Waals surface area contributed by atoms with E-state index in [1.807, 2.05) is 6.92 Å². The average Bonchev–Trinajstić information content (AvgIpc) is 2.13. The van der Waals surface area contributed by atoms with Gasteiger partial charge in [0.25, 0.3) is 0 Å². The van der Waals surface area contributed by atoms with Crippen LogP contribution in [0.5, 0.6) is 0 Å². The van der Waals surface area contributed by atoms with Gasteiger partial charge in [0.05, 0.1) is 12.1 Å². The largest absolute Gasteiger partial charge is 0.302 e. The van der Waals surface area contributed by atoms with Crippen LogP contribution in [0, 0.1) is 11.3 Å². The summed E-state index contributed by atoms with van der Waals surface area (Å²) >= 11 is 0. The molecule has 0 aromatic rings. The number of nitrogens with one attached hydrogen (secondary N) is 1. The highest BCUT2D eigenvalue weighted by molar-refractivity contribution is 4.87. The Labute approximate surface area is 81.7 Å². The van der Waals surface area contributed by atoms with Gasteiger partial charge in [-0.05, 0) is 26.9 Å². The summed E-state index contributed by atoms with van der Waals surface area (Å²) in [5, 5.41) is 11.8. The van der Waals surface area contributed by atoms with Crippen molar-refractivity contribution in [1.82, 2.24) is 10.2 Å². The molecule has 0 fully saturated rings. The average molecular weight is 183 g/mol. The minimum Gasteiger partial charge on any atom is -0.302 e. The number of nitriles is 1. The van der Waals surface area contributed by atoms with E-state index in [-0.39, 0.29) is 6.04 Å². The fraction of sp³-hybridized carbons (Fsp3) is 0.900. The fourth-order valence-electron chi connectivity index (χ4n) is 1.39. The SMILES string of the molecule is CCN(CC)CC(C)NC(C)C#N. The molecule has 13 heavy (non-hydrogen) atoms. The van der Waals surface area contributed by atoms with Crippen molar-refractivity contribution in [1.29, 1.82) is 5.26 Å². The van der Waals surface area contributed by atoms with E-state index in [0.29, 0.717) is 6.04 Å². The summed E-state index contributed by atoms with van der Waals surface area (Å²) in [7, 11) is 0. The van der Waals surface area contributed by atoms with Crippen LogP contribution < -0.4 is 5.32 Å². The molecule has 0 aromatic heterocycles. The molecule has 0 saturated carbocycles. The molecule has 3 heteroatoms. The molecular formula is C10H21N3. The fourth-order valence-corrected chi connectivity index (χ4v) is 1.39. The van der Waals surface area contributed by atoms with Gasteiger partial charge in [-0.15, -0.1) is 0 Å². The standard InChI is InChI=1S/C10H21N3/c1-5-13(6-2)8-10(4)12-9(3)7-11/h9-10,12H,5-6,8H2,1-4H3. The molecule has 0 aliphatic carbocycles. The quantitative estimate of drug-likeness (QED) is 0.673. The lowest BCUT2D eigenvalue weighted by molar-refractivity contribution is 0.268. The molecule has 0 bridgehead atoms. The van der Waals surface area contributed by atoms with Gasteiger partial charge in [-0.2, -0.15) is 5.26 Å². The molecule has 0 aromatic carbocycles. The van der Waals surface area contributed by atoms with Crippen LogP contribution >= 0.6 is 0 Å². The normalized spacial score (nSPS) is 15.4. The van der Waals surface area contributed by atoms with Crippen molar-refractivity contribution < 1.29 is 0 Å². The maximum absolute atomic E-state index is 8.61. The summed E-state index contributed by atoms with van der Waals surface area (Å²) in [6, 6.07) is 2.51. The van der Waals surface area contributed by atoms with Crippen LogP contribution in [-0.2, 0) is 0 Å². The maximum Gasteiger partial charge on any atom is 0.0926 e. The van der Waals surface area contributed by atoms with Crippen molar-refractivity contribution in [3.8, 4) is 6.07 Å². The Morgan fingerprint density at radius 3 is 2.23 bits per heavy atom. The van der Waals surface area contributed by atoms with Gasteiger partial charge < -0.3 is 4.90 Å². The summed E-state index contributed by atoms with van der Waals surface area (Å²) in [6.07, 6.45) is 0. The van der Waals surface area contributed by atoms with Gasteiger partial charge in [-0.3, -0.25) is 5.32 Å². The smallest absolute Gasteiger partial charge is 0.0926 e. The van der Waals surface area contributed by atoms with E-state index in [9.17, 15) is 0 Å². The molecule has 0 saturated heterocycles. The first-order chi connectivity index (χ1) is 6.13. The Balaban J connectivity index is 3.73. The molecule has 1 N–H and O–H groups in total. The van der Waals surface area contributed by atoms with E-state index >= 15 is 0 Å². The molecule has 0 heterocycles. The van der Waals surface area contributed by atoms with Gasteiger partial charge in [-0.1, -0.05) is 13.8 Å². The molecule has 0 radical (unpaired) electrons. The lowest BCUT2D eigenvalue weighted by Gasteiger charge is -2.24. The first kappa shape index (κ1) is 12.4. The molecule has 0 amide bonds. The molecule has 2 atom stereocenters. The Hall–Kier alpha value is -0.590. The van der Waals surface area contributed by atoms with Crippen molar-refractivity contribution >= 4 is 0 Å². The third kappa shape index (κ3) is 5.62. The number of hydrogen-bond acceptors (Lipinski definition) is 3. The van der Waals surface area contributed by atoms with Crippen LogP contribution in [0.25, 0.3) is 0 Å². The second kappa shape index (κ2) is 6.88. The monoisotopic (exact) mass is 183 g/mol. The van der Waals surface area contributed by atoms with Crippen LogP contribution in [0.3, 0.4) is 0 Å². The van der Waals surface area contributed by atoms with E-state index in [1.165, 1.54) is 0 Å². The Bertz CT molecular complexity index is 158. The van der Waals surface area contributed by atoms with E-state index in [4.69, 9.17) is 5.26 Å². The Kier molecular flexibility index (Phi) is 6.56. The number of rotatable bonds is 6. The van der Waals surface area contributed by atoms with Gasteiger partial charge >= 0.3 is 0 Å².